The lowest BCUT2D eigenvalue weighted by Gasteiger charge is -2.28. The number of nitrogens with zero attached hydrogens (tertiary/aromatic N) is 2. The zero-order valence-electron chi connectivity index (χ0n) is 15.0. The predicted octanol–water partition coefficient (Wildman–Crippen LogP) is 1.57. The van der Waals surface area contributed by atoms with E-state index in [1.165, 1.54) is 11.2 Å². The van der Waals surface area contributed by atoms with Gasteiger partial charge in [-0.2, -0.15) is 0 Å². The van der Waals surface area contributed by atoms with Crippen LogP contribution in [0.3, 0.4) is 0 Å². The molecule has 26 heavy (non-hydrogen) atoms. The second-order valence-electron chi connectivity index (χ2n) is 6.83. The van der Waals surface area contributed by atoms with Crippen molar-refractivity contribution in [1.82, 2.24) is 4.90 Å². The number of hydrazine groups is 1. The van der Waals surface area contributed by atoms with Crippen molar-refractivity contribution in [3.63, 3.8) is 0 Å². The fourth-order valence-corrected chi connectivity index (χ4v) is 3.38. The molecule has 7 heteroatoms. The van der Waals surface area contributed by atoms with Gasteiger partial charge in [0, 0.05) is 49.5 Å². The zero-order chi connectivity index (χ0) is 18.5. The molecule has 0 saturated carbocycles. The Morgan fingerprint density at radius 2 is 2.08 bits per heavy atom. The van der Waals surface area contributed by atoms with Gasteiger partial charge in [-0.15, -0.1) is 0 Å². The van der Waals surface area contributed by atoms with Crippen molar-refractivity contribution in [2.75, 3.05) is 31.3 Å². The van der Waals surface area contributed by atoms with Crippen molar-refractivity contribution < 1.29 is 9.53 Å². The number of benzene rings is 1. The number of carbonyl (C=O) groups excluding carboxylic acids is 1. The van der Waals surface area contributed by atoms with E-state index in [2.05, 4.69) is 4.90 Å². The molecule has 0 aliphatic carbocycles. The van der Waals surface area contributed by atoms with Crippen LogP contribution in [-0.2, 0) is 11.2 Å². The Morgan fingerprint density at radius 1 is 1.23 bits per heavy atom. The first-order chi connectivity index (χ1) is 12.6. The molecule has 0 fully saturated rings. The highest BCUT2D eigenvalue weighted by atomic mass is 16.5. The molecule has 0 bridgehead atoms. The summed E-state index contributed by atoms with van der Waals surface area (Å²) in [5.41, 5.74) is 9.52. The van der Waals surface area contributed by atoms with Crippen LogP contribution in [0, 0.1) is 5.41 Å². The number of unbranched alkanes of at least 4 members (excludes halogenated alkanes) is 1. The van der Waals surface area contributed by atoms with Gasteiger partial charge in [0.15, 0.2) is 0 Å². The number of nitrogens with one attached hydrogen (secondary N) is 1. The van der Waals surface area contributed by atoms with Crippen molar-refractivity contribution in [2.24, 2.45) is 11.6 Å². The van der Waals surface area contributed by atoms with Gasteiger partial charge in [-0.1, -0.05) is 6.07 Å². The second kappa shape index (κ2) is 8.33. The number of rotatable bonds is 7. The first kappa shape index (κ1) is 18.4. The van der Waals surface area contributed by atoms with Crippen molar-refractivity contribution in [3.05, 3.63) is 35.0 Å². The molecular formula is C19H27N5O2. The van der Waals surface area contributed by atoms with E-state index in [-0.39, 0.29) is 5.91 Å². The average molecular weight is 357 g/mol. The van der Waals surface area contributed by atoms with Crippen LogP contribution in [0.2, 0.25) is 0 Å². The number of carbonyl (C=O) groups is 1. The molecule has 2 heterocycles. The van der Waals surface area contributed by atoms with Crippen molar-refractivity contribution in [1.29, 1.82) is 5.41 Å². The summed E-state index contributed by atoms with van der Waals surface area (Å²) >= 11 is 0. The van der Waals surface area contributed by atoms with E-state index >= 15 is 0 Å². The number of ether oxygens (including phenoxy) is 1. The summed E-state index contributed by atoms with van der Waals surface area (Å²) in [6.07, 6.45) is 5.36. The van der Waals surface area contributed by atoms with Crippen LogP contribution >= 0.6 is 0 Å². The molecule has 0 unspecified atom stereocenters. The van der Waals surface area contributed by atoms with Crippen LogP contribution in [0.25, 0.3) is 0 Å². The van der Waals surface area contributed by atoms with E-state index in [0.717, 1.165) is 73.6 Å². The Labute approximate surface area is 154 Å². The average Bonchev–Trinajstić information content (AvgIpc) is 2.66. The van der Waals surface area contributed by atoms with E-state index in [9.17, 15) is 4.79 Å². The number of hydrogen-bond donors (Lipinski definition) is 3. The van der Waals surface area contributed by atoms with E-state index in [4.69, 9.17) is 21.7 Å². The van der Waals surface area contributed by atoms with Crippen LogP contribution in [-0.4, -0.2) is 43.3 Å². The standard InChI is InChI=1S/C19H27N5O2/c20-12-15-13-23(9-7-17(15)21)8-1-2-10-26-16-5-3-14-4-6-19(25)24(22)18(14)11-16/h3,5,11-12,20H,1-2,4,6-10,13,21-22H2. The minimum Gasteiger partial charge on any atom is -0.494 e. The molecule has 5 N–H and O–H groups in total. The summed E-state index contributed by atoms with van der Waals surface area (Å²) in [6, 6.07) is 5.78. The summed E-state index contributed by atoms with van der Waals surface area (Å²) in [7, 11) is 0. The lowest BCUT2D eigenvalue weighted by molar-refractivity contribution is -0.119. The first-order valence-corrected chi connectivity index (χ1v) is 9.12. The molecule has 3 rings (SSSR count). The molecule has 0 aromatic heterocycles. The summed E-state index contributed by atoms with van der Waals surface area (Å²) < 4.78 is 5.83. The fraction of sp³-hybridized carbons (Fsp3) is 0.474. The van der Waals surface area contributed by atoms with Crippen molar-refractivity contribution >= 4 is 17.8 Å². The molecule has 1 aromatic carbocycles. The summed E-state index contributed by atoms with van der Waals surface area (Å²) in [5.74, 6) is 6.53. The lowest BCUT2D eigenvalue weighted by atomic mass is 10.0. The van der Waals surface area contributed by atoms with E-state index in [1.807, 2.05) is 18.2 Å². The molecule has 1 aromatic rings. The zero-order valence-corrected chi connectivity index (χ0v) is 15.0. The topological polar surface area (TPSA) is 109 Å². The summed E-state index contributed by atoms with van der Waals surface area (Å²) in [4.78, 5) is 14.0. The maximum Gasteiger partial charge on any atom is 0.241 e. The Morgan fingerprint density at radius 3 is 2.88 bits per heavy atom. The third kappa shape index (κ3) is 4.23. The number of hydrogen-bond acceptors (Lipinski definition) is 6. The van der Waals surface area contributed by atoms with Gasteiger partial charge in [0.2, 0.25) is 5.91 Å². The van der Waals surface area contributed by atoms with Gasteiger partial charge < -0.3 is 15.9 Å². The molecule has 0 saturated heterocycles. The maximum atomic E-state index is 11.7. The van der Waals surface area contributed by atoms with Crippen LogP contribution in [0.15, 0.2) is 29.5 Å². The van der Waals surface area contributed by atoms with Gasteiger partial charge in [-0.05, 0) is 37.4 Å². The summed E-state index contributed by atoms with van der Waals surface area (Å²) in [5, 5.41) is 8.63. The number of anilines is 1. The Hall–Kier alpha value is -2.38. The van der Waals surface area contributed by atoms with Gasteiger partial charge in [0.25, 0.3) is 0 Å². The largest absolute Gasteiger partial charge is 0.494 e. The van der Waals surface area contributed by atoms with Crippen LogP contribution in [0.4, 0.5) is 5.69 Å². The van der Waals surface area contributed by atoms with Crippen molar-refractivity contribution in [2.45, 2.75) is 32.1 Å². The van der Waals surface area contributed by atoms with Gasteiger partial charge >= 0.3 is 0 Å². The number of amides is 1. The third-order valence-electron chi connectivity index (χ3n) is 5.01. The quantitative estimate of drug-likeness (QED) is 0.297. The minimum atomic E-state index is -0.0600. The van der Waals surface area contributed by atoms with E-state index < -0.39 is 0 Å². The van der Waals surface area contributed by atoms with Crippen LogP contribution in [0.5, 0.6) is 5.75 Å². The molecule has 2 aliphatic rings. The number of fused-ring (bicyclic) bond motifs is 1. The highest BCUT2D eigenvalue weighted by Gasteiger charge is 2.22. The Bertz CT molecular complexity index is 716. The van der Waals surface area contributed by atoms with E-state index in [1.54, 1.807) is 0 Å². The van der Waals surface area contributed by atoms with Crippen LogP contribution < -0.4 is 21.3 Å². The molecule has 1 amide bonds. The SMILES string of the molecule is N=CC1=C(N)CCN(CCCCOc2ccc3c(c2)N(N)C(=O)CC3)C1. The number of aryl methyl sites for hydroxylation is 1. The minimum absolute atomic E-state index is 0.0600. The first-order valence-electron chi connectivity index (χ1n) is 9.12. The Balaban J connectivity index is 1.42. The fourth-order valence-electron chi connectivity index (χ4n) is 3.38. The molecular weight excluding hydrogens is 330 g/mol. The van der Waals surface area contributed by atoms with Crippen LogP contribution in [0.1, 0.15) is 31.2 Å². The molecule has 7 nitrogen and oxygen atoms in total. The highest BCUT2D eigenvalue weighted by molar-refractivity contribution is 5.95. The molecule has 140 valence electrons. The Kier molecular flexibility index (Phi) is 5.90. The number of nitrogens with two attached hydrogens (primary N) is 2. The maximum absolute atomic E-state index is 11.7. The highest BCUT2D eigenvalue weighted by Crippen LogP contribution is 2.29. The smallest absolute Gasteiger partial charge is 0.241 e. The van der Waals surface area contributed by atoms with Gasteiger partial charge in [-0.25, -0.2) is 10.9 Å². The van der Waals surface area contributed by atoms with E-state index in [0.29, 0.717) is 13.0 Å². The monoisotopic (exact) mass is 357 g/mol. The predicted molar refractivity (Wildman–Crippen MR) is 102 cm³/mol. The molecule has 0 atom stereocenters. The lowest BCUT2D eigenvalue weighted by Crippen LogP contribution is -2.40. The van der Waals surface area contributed by atoms with Gasteiger partial charge in [0.05, 0.1) is 12.3 Å². The van der Waals surface area contributed by atoms with Gasteiger partial charge in [0.1, 0.15) is 5.75 Å². The molecule has 0 radical (unpaired) electrons. The molecule has 2 aliphatic heterocycles. The normalized spacial score (nSPS) is 18.0. The van der Waals surface area contributed by atoms with Gasteiger partial charge in [-0.3, -0.25) is 9.69 Å². The third-order valence-corrected chi connectivity index (χ3v) is 5.01. The summed E-state index contributed by atoms with van der Waals surface area (Å²) in [6.45, 7) is 3.32. The molecule has 0 spiro atoms. The second-order valence-corrected chi connectivity index (χ2v) is 6.83. The van der Waals surface area contributed by atoms with Crippen molar-refractivity contribution in [3.8, 4) is 5.75 Å².